The molecular formula is C17H22N4O2S. The molecule has 0 amide bonds. The van der Waals surface area contributed by atoms with Crippen molar-refractivity contribution in [3.63, 3.8) is 0 Å². The van der Waals surface area contributed by atoms with Gasteiger partial charge in [-0.25, -0.2) is 4.98 Å². The lowest BCUT2D eigenvalue weighted by Crippen LogP contribution is -2.40. The third-order valence-corrected chi connectivity index (χ3v) is 5.79. The predicted molar refractivity (Wildman–Crippen MR) is 94.8 cm³/mol. The molecule has 0 saturated carbocycles. The number of morpholine rings is 1. The number of rotatable bonds is 3. The van der Waals surface area contributed by atoms with Gasteiger partial charge in [0.15, 0.2) is 0 Å². The number of H-pyrrole nitrogens is 1. The summed E-state index contributed by atoms with van der Waals surface area (Å²) in [5.74, 6) is 0.699. The summed E-state index contributed by atoms with van der Waals surface area (Å²) in [5, 5.41) is 2.13. The number of fused-ring (bicyclic) bond motifs is 1. The number of aromatic nitrogens is 2. The highest BCUT2D eigenvalue weighted by Gasteiger charge is 2.23. The third kappa shape index (κ3) is 3.11. The van der Waals surface area contributed by atoms with E-state index in [0.29, 0.717) is 25.7 Å². The third-order valence-electron chi connectivity index (χ3n) is 4.78. The first-order valence-corrected chi connectivity index (χ1v) is 9.29. The number of nitrogens with one attached hydrogen (secondary N) is 1. The molecule has 2 aromatic heterocycles. The van der Waals surface area contributed by atoms with Crippen molar-refractivity contribution in [3.8, 4) is 0 Å². The number of hydrogen-bond acceptors (Lipinski definition) is 6. The molecule has 128 valence electrons. The number of aryl methyl sites for hydroxylation is 1. The summed E-state index contributed by atoms with van der Waals surface area (Å²) in [6.07, 6.45) is 0.834. The van der Waals surface area contributed by atoms with Crippen molar-refractivity contribution < 1.29 is 4.74 Å². The Balaban J connectivity index is 1.53. The standard InChI is InChI=1S/C17H22N4O2S/c1-12-3-9-24-15(12)11-20-4-2-14-13(10-20)16(22)19-17(18-14)21-5-7-23-8-6-21/h3,9H,2,4-8,10-11H2,1H3,(H,18,19,22). The normalized spacial score (nSPS) is 18.6. The van der Waals surface area contributed by atoms with Crippen molar-refractivity contribution in [3.05, 3.63) is 43.5 Å². The van der Waals surface area contributed by atoms with Gasteiger partial charge in [-0.1, -0.05) is 0 Å². The Morgan fingerprint density at radius 2 is 2.17 bits per heavy atom. The first-order valence-electron chi connectivity index (χ1n) is 8.41. The molecule has 0 bridgehead atoms. The van der Waals surface area contributed by atoms with Gasteiger partial charge < -0.3 is 9.64 Å². The zero-order chi connectivity index (χ0) is 16.5. The number of anilines is 1. The minimum absolute atomic E-state index is 0.00842. The topological polar surface area (TPSA) is 61.5 Å². The van der Waals surface area contributed by atoms with Crippen LogP contribution in [-0.4, -0.2) is 47.7 Å². The lowest BCUT2D eigenvalue weighted by Gasteiger charge is -2.30. The molecule has 0 aliphatic carbocycles. The summed E-state index contributed by atoms with van der Waals surface area (Å²) in [7, 11) is 0. The Bertz CT molecular complexity index is 779. The molecule has 1 saturated heterocycles. The molecule has 2 aromatic rings. The minimum atomic E-state index is 0.00842. The highest BCUT2D eigenvalue weighted by Crippen LogP contribution is 2.22. The maximum atomic E-state index is 12.6. The molecule has 0 unspecified atom stereocenters. The van der Waals surface area contributed by atoms with Gasteiger partial charge in [-0.3, -0.25) is 14.7 Å². The van der Waals surface area contributed by atoms with Crippen molar-refractivity contribution in [1.82, 2.24) is 14.9 Å². The van der Waals surface area contributed by atoms with Crippen LogP contribution >= 0.6 is 11.3 Å². The number of aromatic amines is 1. The summed E-state index contributed by atoms with van der Waals surface area (Å²) in [6, 6.07) is 2.15. The first-order chi connectivity index (χ1) is 11.7. The average molecular weight is 346 g/mol. The Morgan fingerprint density at radius 1 is 1.33 bits per heavy atom. The van der Waals surface area contributed by atoms with E-state index in [1.54, 1.807) is 11.3 Å². The van der Waals surface area contributed by atoms with E-state index < -0.39 is 0 Å². The van der Waals surface area contributed by atoms with E-state index >= 15 is 0 Å². The van der Waals surface area contributed by atoms with Crippen LogP contribution in [-0.2, 0) is 24.2 Å². The molecule has 7 heteroatoms. The van der Waals surface area contributed by atoms with E-state index in [1.807, 2.05) is 0 Å². The molecule has 24 heavy (non-hydrogen) atoms. The summed E-state index contributed by atoms with van der Waals surface area (Å²) < 4.78 is 5.37. The van der Waals surface area contributed by atoms with Crippen LogP contribution in [0.1, 0.15) is 21.7 Å². The van der Waals surface area contributed by atoms with Crippen LogP contribution in [0.5, 0.6) is 0 Å². The van der Waals surface area contributed by atoms with Crippen LogP contribution in [0.15, 0.2) is 16.2 Å². The van der Waals surface area contributed by atoms with E-state index in [-0.39, 0.29) is 5.56 Å². The summed E-state index contributed by atoms with van der Waals surface area (Å²) in [5.41, 5.74) is 3.13. The van der Waals surface area contributed by atoms with Gasteiger partial charge in [-0.15, -0.1) is 11.3 Å². The zero-order valence-corrected chi connectivity index (χ0v) is 14.7. The van der Waals surface area contributed by atoms with Crippen molar-refractivity contribution in [1.29, 1.82) is 0 Å². The fraction of sp³-hybridized carbons (Fsp3) is 0.529. The maximum absolute atomic E-state index is 12.6. The Hall–Kier alpha value is -1.70. The Morgan fingerprint density at radius 3 is 2.92 bits per heavy atom. The molecule has 0 atom stereocenters. The van der Waals surface area contributed by atoms with Crippen LogP contribution in [0.2, 0.25) is 0 Å². The second-order valence-corrected chi connectivity index (χ2v) is 7.40. The SMILES string of the molecule is Cc1ccsc1CN1CCc2nc(N3CCOCC3)[nH]c(=O)c2C1. The van der Waals surface area contributed by atoms with E-state index in [9.17, 15) is 4.79 Å². The molecule has 1 N–H and O–H groups in total. The predicted octanol–water partition coefficient (Wildman–Crippen LogP) is 1.53. The van der Waals surface area contributed by atoms with Gasteiger partial charge >= 0.3 is 0 Å². The quantitative estimate of drug-likeness (QED) is 0.913. The fourth-order valence-corrected chi connectivity index (χ4v) is 4.24. The van der Waals surface area contributed by atoms with Crippen LogP contribution in [0, 0.1) is 6.92 Å². The molecule has 0 radical (unpaired) electrons. The van der Waals surface area contributed by atoms with Gasteiger partial charge in [0.2, 0.25) is 5.95 Å². The van der Waals surface area contributed by atoms with Crippen molar-refractivity contribution in [2.75, 3.05) is 37.7 Å². The van der Waals surface area contributed by atoms with Crippen LogP contribution in [0.3, 0.4) is 0 Å². The summed E-state index contributed by atoms with van der Waals surface area (Å²) in [4.78, 5) is 26.1. The molecular weight excluding hydrogens is 324 g/mol. The maximum Gasteiger partial charge on any atom is 0.257 e. The molecule has 0 spiro atoms. The highest BCUT2D eigenvalue weighted by molar-refractivity contribution is 7.10. The molecule has 4 heterocycles. The minimum Gasteiger partial charge on any atom is -0.378 e. The van der Waals surface area contributed by atoms with Crippen LogP contribution in [0.4, 0.5) is 5.95 Å². The van der Waals surface area contributed by atoms with E-state index in [0.717, 1.165) is 43.9 Å². The molecule has 1 fully saturated rings. The number of ether oxygens (including phenoxy) is 1. The number of nitrogens with zero attached hydrogens (tertiary/aromatic N) is 3. The van der Waals surface area contributed by atoms with E-state index in [4.69, 9.17) is 9.72 Å². The van der Waals surface area contributed by atoms with Crippen LogP contribution in [0.25, 0.3) is 0 Å². The largest absolute Gasteiger partial charge is 0.378 e. The van der Waals surface area contributed by atoms with Crippen molar-refractivity contribution >= 4 is 17.3 Å². The van der Waals surface area contributed by atoms with Crippen LogP contribution < -0.4 is 10.5 Å². The van der Waals surface area contributed by atoms with Gasteiger partial charge in [-0.05, 0) is 23.9 Å². The first kappa shape index (κ1) is 15.8. The second kappa shape index (κ2) is 6.66. The molecule has 6 nitrogen and oxygen atoms in total. The second-order valence-electron chi connectivity index (χ2n) is 6.40. The fourth-order valence-electron chi connectivity index (χ4n) is 3.30. The highest BCUT2D eigenvalue weighted by atomic mass is 32.1. The smallest absolute Gasteiger partial charge is 0.257 e. The van der Waals surface area contributed by atoms with Gasteiger partial charge in [-0.2, -0.15) is 0 Å². The van der Waals surface area contributed by atoms with Gasteiger partial charge in [0.05, 0.1) is 24.5 Å². The lowest BCUT2D eigenvalue weighted by molar-refractivity contribution is 0.122. The zero-order valence-electron chi connectivity index (χ0n) is 13.9. The Labute approximate surface area is 145 Å². The molecule has 2 aliphatic heterocycles. The molecule has 4 rings (SSSR count). The van der Waals surface area contributed by atoms with Crippen molar-refractivity contribution in [2.45, 2.75) is 26.4 Å². The number of hydrogen-bond donors (Lipinski definition) is 1. The lowest BCUT2D eigenvalue weighted by atomic mass is 10.1. The van der Waals surface area contributed by atoms with Gasteiger partial charge in [0.1, 0.15) is 0 Å². The Kier molecular flexibility index (Phi) is 4.39. The summed E-state index contributed by atoms with van der Waals surface area (Å²) in [6.45, 7) is 7.63. The van der Waals surface area contributed by atoms with E-state index in [1.165, 1.54) is 10.4 Å². The van der Waals surface area contributed by atoms with E-state index in [2.05, 4.69) is 33.2 Å². The van der Waals surface area contributed by atoms with Gasteiger partial charge in [0.25, 0.3) is 5.56 Å². The summed E-state index contributed by atoms with van der Waals surface area (Å²) >= 11 is 1.79. The van der Waals surface area contributed by atoms with Gasteiger partial charge in [0, 0.05) is 44.0 Å². The molecule has 2 aliphatic rings. The average Bonchev–Trinajstić information content (AvgIpc) is 3.01. The molecule has 0 aromatic carbocycles. The number of thiophene rings is 1. The monoisotopic (exact) mass is 346 g/mol. The van der Waals surface area contributed by atoms with Crippen molar-refractivity contribution in [2.24, 2.45) is 0 Å².